The van der Waals surface area contributed by atoms with Crippen LogP contribution in [-0.4, -0.2) is 17.3 Å². The Morgan fingerprint density at radius 2 is 2.22 bits per heavy atom. The maximum atomic E-state index is 13.1. The van der Waals surface area contributed by atoms with Gasteiger partial charge in [0.1, 0.15) is 11.4 Å². The van der Waals surface area contributed by atoms with Crippen molar-refractivity contribution < 1.29 is 13.9 Å². The molecule has 0 bridgehead atoms. The Bertz CT molecular complexity index is 679. The molecule has 0 aliphatic carbocycles. The SMILES string of the molecule is CCOC(=O)c1cn(N)c2ccc(F)cc2c1=O. The standard InChI is InChI=1S/C12H11FN2O3/c1-2-18-12(17)9-6-15(14)10-4-3-7(13)5-8(10)11(9)16/h3-6H,2,14H2,1H3. The average Bonchev–Trinajstić information content (AvgIpc) is 2.33. The first-order chi connectivity index (χ1) is 8.54. The molecule has 2 rings (SSSR count). The van der Waals surface area contributed by atoms with Crippen LogP contribution in [0.3, 0.4) is 0 Å². The third kappa shape index (κ3) is 1.92. The zero-order valence-electron chi connectivity index (χ0n) is 9.64. The van der Waals surface area contributed by atoms with Crippen LogP contribution in [0.2, 0.25) is 0 Å². The van der Waals surface area contributed by atoms with E-state index < -0.39 is 17.2 Å². The molecule has 5 nitrogen and oxygen atoms in total. The number of hydrogen-bond donors (Lipinski definition) is 1. The number of fused-ring (bicyclic) bond motifs is 1. The lowest BCUT2D eigenvalue weighted by Crippen LogP contribution is -2.23. The molecule has 0 saturated carbocycles. The summed E-state index contributed by atoms with van der Waals surface area (Å²) in [6.07, 6.45) is 1.18. The van der Waals surface area contributed by atoms with E-state index in [1.807, 2.05) is 0 Å². The molecule has 18 heavy (non-hydrogen) atoms. The minimum absolute atomic E-state index is 0.0445. The minimum atomic E-state index is -0.770. The normalized spacial score (nSPS) is 10.6. The maximum absolute atomic E-state index is 13.1. The van der Waals surface area contributed by atoms with Crippen molar-refractivity contribution in [1.29, 1.82) is 0 Å². The molecule has 0 fully saturated rings. The van der Waals surface area contributed by atoms with Crippen LogP contribution in [0, 0.1) is 5.82 Å². The van der Waals surface area contributed by atoms with Gasteiger partial charge in [-0.25, -0.2) is 9.18 Å². The van der Waals surface area contributed by atoms with Crippen LogP contribution in [0.1, 0.15) is 17.3 Å². The van der Waals surface area contributed by atoms with E-state index in [4.69, 9.17) is 10.6 Å². The van der Waals surface area contributed by atoms with Crippen LogP contribution in [-0.2, 0) is 4.74 Å². The molecule has 0 atom stereocenters. The van der Waals surface area contributed by atoms with Gasteiger partial charge in [-0.1, -0.05) is 0 Å². The fourth-order valence-electron chi connectivity index (χ4n) is 1.68. The van der Waals surface area contributed by atoms with E-state index in [2.05, 4.69) is 0 Å². The molecular weight excluding hydrogens is 239 g/mol. The van der Waals surface area contributed by atoms with Crippen LogP contribution in [0.5, 0.6) is 0 Å². The van der Waals surface area contributed by atoms with Crippen LogP contribution in [0.25, 0.3) is 10.9 Å². The minimum Gasteiger partial charge on any atom is -0.462 e. The summed E-state index contributed by atoms with van der Waals surface area (Å²) in [5, 5.41) is 0.0445. The lowest BCUT2D eigenvalue weighted by atomic mass is 10.1. The summed E-state index contributed by atoms with van der Waals surface area (Å²) in [6.45, 7) is 1.77. The molecule has 0 unspecified atom stereocenters. The number of halogens is 1. The van der Waals surface area contributed by atoms with Gasteiger partial charge in [-0.15, -0.1) is 0 Å². The third-order valence-electron chi connectivity index (χ3n) is 2.49. The van der Waals surface area contributed by atoms with Gasteiger partial charge >= 0.3 is 5.97 Å². The van der Waals surface area contributed by atoms with E-state index in [9.17, 15) is 14.0 Å². The fraction of sp³-hybridized carbons (Fsp3) is 0.167. The zero-order chi connectivity index (χ0) is 13.3. The molecule has 0 saturated heterocycles. The monoisotopic (exact) mass is 250 g/mol. The smallest absolute Gasteiger partial charge is 0.343 e. The molecule has 0 aliphatic rings. The predicted molar refractivity (Wildman–Crippen MR) is 64.3 cm³/mol. The largest absolute Gasteiger partial charge is 0.462 e. The van der Waals surface area contributed by atoms with Gasteiger partial charge in [0.15, 0.2) is 0 Å². The molecule has 0 amide bonds. The van der Waals surface area contributed by atoms with Gasteiger partial charge in [-0.05, 0) is 25.1 Å². The van der Waals surface area contributed by atoms with E-state index in [0.717, 1.165) is 10.7 Å². The molecule has 0 radical (unpaired) electrons. The number of nitrogen functional groups attached to an aromatic ring is 1. The van der Waals surface area contributed by atoms with Gasteiger partial charge in [0.2, 0.25) is 5.43 Å². The molecule has 2 N–H and O–H groups in total. The number of hydrogen-bond acceptors (Lipinski definition) is 4. The number of carbonyl (C=O) groups excluding carboxylic acids is 1. The Balaban J connectivity index is 2.75. The first kappa shape index (κ1) is 12.1. The van der Waals surface area contributed by atoms with Crippen molar-refractivity contribution in [3.8, 4) is 0 Å². The fourth-order valence-corrected chi connectivity index (χ4v) is 1.68. The van der Waals surface area contributed by atoms with Crippen molar-refractivity contribution in [2.75, 3.05) is 12.4 Å². The number of carbonyl (C=O) groups is 1. The summed E-state index contributed by atoms with van der Waals surface area (Å²) < 4.78 is 19.0. The highest BCUT2D eigenvalue weighted by Crippen LogP contribution is 2.12. The van der Waals surface area contributed by atoms with Crippen LogP contribution in [0.15, 0.2) is 29.2 Å². The molecule has 1 heterocycles. The lowest BCUT2D eigenvalue weighted by molar-refractivity contribution is 0.0524. The van der Waals surface area contributed by atoms with Crippen molar-refractivity contribution in [3.63, 3.8) is 0 Å². The van der Waals surface area contributed by atoms with Gasteiger partial charge < -0.3 is 10.6 Å². The third-order valence-corrected chi connectivity index (χ3v) is 2.49. The van der Waals surface area contributed by atoms with Crippen molar-refractivity contribution in [3.05, 3.63) is 46.0 Å². The van der Waals surface area contributed by atoms with Crippen molar-refractivity contribution >= 4 is 16.9 Å². The molecule has 0 aliphatic heterocycles. The molecular formula is C12H11FN2O3. The van der Waals surface area contributed by atoms with Crippen molar-refractivity contribution in [2.45, 2.75) is 6.92 Å². The topological polar surface area (TPSA) is 74.3 Å². The number of ether oxygens (including phenoxy) is 1. The van der Waals surface area contributed by atoms with Crippen molar-refractivity contribution in [1.82, 2.24) is 4.68 Å². The Morgan fingerprint density at radius 3 is 2.89 bits per heavy atom. The highest BCUT2D eigenvalue weighted by atomic mass is 19.1. The predicted octanol–water partition coefficient (Wildman–Crippen LogP) is 1.03. The van der Waals surface area contributed by atoms with Crippen LogP contribution >= 0.6 is 0 Å². The van der Waals surface area contributed by atoms with Gasteiger partial charge in [-0.2, -0.15) is 0 Å². The van der Waals surface area contributed by atoms with Gasteiger partial charge in [0.05, 0.1) is 17.5 Å². The van der Waals surface area contributed by atoms with E-state index in [1.54, 1.807) is 6.92 Å². The molecule has 0 spiro atoms. The van der Waals surface area contributed by atoms with Gasteiger partial charge in [0, 0.05) is 6.20 Å². The lowest BCUT2D eigenvalue weighted by Gasteiger charge is -2.08. The summed E-state index contributed by atoms with van der Waals surface area (Å²) in [7, 11) is 0. The van der Waals surface area contributed by atoms with Gasteiger partial charge in [0.25, 0.3) is 0 Å². The number of nitrogens with two attached hydrogens (primary N) is 1. The zero-order valence-corrected chi connectivity index (χ0v) is 9.64. The Labute approximate surface area is 102 Å². The molecule has 2 aromatic rings. The van der Waals surface area contributed by atoms with E-state index in [1.165, 1.54) is 18.3 Å². The second-order valence-corrected chi connectivity index (χ2v) is 3.66. The van der Waals surface area contributed by atoms with E-state index in [0.29, 0.717) is 5.52 Å². The number of esters is 1. The van der Waals surface area contributed by atoms with Crippen molar-refractivity contribution in [2.24, 2.45) is 0 Å². The first-order valence-electron chi connectivity index (χ1n) is 5.31. The number of aromatic nitrogens is 1. The maximum Gasteiger partial charge on any atom is 0.343 e. The van der Waals surface area contributed by atoms with E-state index in [-0.39, 0.29) is 17.6 Å². The first-order valence-corrected chi connectivity index (χ1v) is 5.31. The summed E-state index contributed by atoms with van der Waals surface area (Å²) >= 11 is 0. The Kier molecular flexibility index (Phi) is 3.01. The number of benzene rings is 1. The second-order valence-electron chi connectivity index (χ2n) is 3.66. The van der Waals surface area contributed by atoms with Crippen LogP contribution < -0.4 is 11.3 Å². The molecule has 1 aromatic heterocycles. The summed E-state index contributed by atoms with van der Waals surface area (Å²) in [5.74, 6) is 4.32. The molecule has 94 valence electrons. The van der Waals surface area contributed by atoms with Gasteiger partial charge in [-0.3, -0.25) is 9.47 Å². The van der Waals surface area contributed by atoms with E-state index >= 15 is 0 Å². The summed E-state index contributed by atoms with van der Waals surface area (Å²) in [6, 6.07) is 3.61. The summed E-state index contributed by atoms with van der Waals surface area (Å²) in [4.78, 5) is 23.6. The second kappa shape index (κ2) is 4.48. The molecule has 1 aromatic carbocycles. The highest BCUT2D eigenvalue weighted by Gasteiger charge is 2.16. The number of pyridine rings is 1. The average molecular weight is 250 g/mol. The Morgan fingerprint density at radius 1 is 1.50 bits per heavy atom. The highest BCUT2D eigenvalue weighted by molar-refractivity contribution is 5.93. The summed E-state index contributed by atoms with van der Waals surface area (Å²) in [5.41, 5.74) is -0.462. The number of nitrogens with zero attached hydrogens (tertiary/aromatic N) is 1. The Hall–Kier alpha value is -2.37. The van der Waals surface area contributed by atoms with Crippen LogP contribution in [0.4, 0.5) is 4.39 Å². The number of rotatable bonds is 2. The molecule has 6 heteroatoms. The quantitative estimate of drug-likeness (QED) is 0.638.